The quantitative estimate of drug-likeness (QED) is 0.526. The van der Waals surface area contributed by atoms with E-state index in [2.05, 4.69) is 0 Å². The summed E-state index contributed by atoms with van der Waals surface area (Å²) in [5.41, 5.74) is 2.43. The van der Waals surface area contributed by atoms with E-state index in [1.54, 1.807) is 0 Å². The van der Waals surface area contributed by atoms with E-state index in [-0.39, 0.29) is 11.3 Å². The molecule has 0 aliphatic heterocycles. The lowest BCUT2D eigenvalue weighted by Crippen LogP contribution is -2.14. The first-order valence-corrected chi connectivity index (χ1v) is 6.72. The summed E-state index contributed by atoms with van der Waals surface area (Å²) in [4.78, 5) is 24.2. The molecule has 1 aromatic heterocycles. The first kappa shape index (κ1) is 13.3. The van der Waals surface area contributed by atoms with Crippen LogP contribution in [-0.2, 0) is 0 Å². The molecule has 0 N–H and O–H groups in total. The van der Waals surface area contributed by atoms with E-state index in [0.717, 1.165) is 16.5 Å². The van der Waals surface area contributed by atoms with E-state index in [1.165, 1.54) is 6.92 Å². The fourth-order valence-corrected chi connectivity index (χ4v) is 2.59. The standard InChI is InChI=1S/C18H14O3/c1-11-7-6-10-14-16(13-8-4-3-5-9-13)15(12(2)19)18(20)21-17(11)14/h3-10H,1-2H3. The van der Waals surface area contributed by atoms with Crippen LogP contribution in [0, 0.1) is 6.92 Å². The summed E-state index contributed by atoms with van der Waals surface area (Å²) in [7, 11) is 0. The number of para-hydroxylation sites is 1. The summed E-state index contributed by atoms with van der Waals surface area (Å²) < 4.78 is 5.37. The van der Waals surface area contributed by atoms with Crippen molar-refractivity contribution >= 4 is 16.8 Å². The Morgan fingerprint density at radius 3 is 2.38 bits per heavy atom. The van der Waals surface area contributed by atoms with Crippen LogP contribution < -0.4 is 5.63 Å². The lowest BCUT2D eigenvalue weighted by molar-refractivity contribution is 0.101. The number of benzene rings is 2. The molecule has 3 nitrogen and oxygen atoms in total. The zero-order valence-corrected chi connectivity index (χ0v) is 11.8. The highest BCUT2D eigenvalue weighted by Crippen LogP contribution is 2.31. The number of rotatable bonds is 2. The molecule has 0 unspecified atom stereocenters. The molecule has 0 saturated carbocycles. The van der Waals surface area contributed by atoms with Gasteiger partial charge in [-0.05, 0) is 25.0 Å². The average Bonchev–Trinajstić information content (AvgIpc) is 2.47. The number of Topliss-reactive ketones (excluding diaryl/α,β-unsaturated/α-hetero) is 1. The second kappa shape index (κ2) is 5.02. The molecule has 0 spiro atoms. The molecule has 0 radical (unpaired) electrons. The minimum atomic E-state index is -0.580. The van der Waals surface area contributed by atoms with Crippen LogP contribution in [0.25, 0.3) is 22.1 Å². The molecule has 0 amide bonds. The Balaban J connectivity index is 2.55. The number of carbonyl (C=O) groups excluding carboxylic acids is 1. The molecule has 2 aromatic carbocycles. The van der Waals surface area contributed by atoms with E-state index in [9.17, 15) is 9.59 Å². The highest BCUT2D eigenvalue weighted by molar-refractivity contribution is 6.08. The van der Waals surface area contributed by atoms with Crippen LogP contribution in [0.3, 0.4) is 0 Å². The van der Waals surface area contributed by atoms with E-state index in [1.807, 2.05) is 55.5 Å². The normalized spacial score (nSPS) is 10.8. The van der Waals surface area contributed by atoms with Crippen molar-refractivity contribution in [3.63, 3.8) is 0 Å². The van der Waals surface area contributed by atoms with Crippen LogP contribution in [0.5, 0.6) is 0 Å². The van der Waals surface area contributed by atoms with Crippen LogP contribution in [0.15, 0.2) is 57.7 Å². The van der Waals surface area contributed by atoms with Crippen LogP contribution in [0.4, 0.5) is 0 Å². The Morgan fingerprint density at radius 1 is 1.00 bits per heavy atom. The summed E-state index contributed by atoms with van der Waals surface area (Å²) in [5, 5.41) is 0.783. The average molecular weight is 278 g/mol. The molecule has 3 aromatic rings. The third-order valence-corrected chi connectivity index (χ3v) is 3.54. The van der Waals surface area contributed by atoms with Crippen molar-refractivity contribution in [2.45, 2.75) is 13.8 Å². The van der Waals surface area contributed by atoms with Gasteiger partial charge in [-0.25, -0.2) is 4.79 Å². The number of ketones is 1. The van der Waals surface area contributed by atoms with Gasteiger partial charge in [0.1, 0.15) is 11.1 Å². The van der Waals surface area contributed by atoms with Gasteiger partial charge in [-0.3, -0.25) is 4.79 Å². The number of hydrogen-bond acceptors (Lipinski definition) is 3. The largest absolute Gasteiger partial charge is 0.422 e. The highest BCUT2D eigenvalue weighted by Gasteiger charge is 2.19. The van der Waals surface area contributed by atoms with Crippen molar-refractivity contribution in [1.82, 2.24) is 0 Å². The monoisotopic (exact) mass is 278 g/mol. The molecule has 0 aliphatic carbocycles. The SMILES string of the molecule is CC(=O)c1c(-c2ccccc2)c2cccc(C)c2oc1=O. The number of carbonyl (C=O) groups is 1. The molecule has 3 heteroatoms. The molecule has 3 rings (SSSR count). The minimum Gasteiger partial charge on any atom is -0.422 e. The molecule has 0 saturated heterocycles. The van der Waals surface area contributed by atoms with Crippen LogP contribution in [-0.4, -0.2) is 5.78 Å². The van der Waals surface area contributed by atoms with E-state index < -0.39 is 5.63 Å². The van der Waals surface area contributed by atoms with Crippen molar-refractivity contribution < 1.29 is 9.21 Å². The summed E-state index contributed by atoms with van der Waals surface area (Å²) in [5.74, 6) is -0.286. The Bertz CT molecular complexity index is 889. The summed E-state index contributed by atoms with van der Waals surface area (Å²) in [6, 6.07) is 15.1. The number of fused-ring (bicyclic) bond motifs is 1. The maximum Gasteiger partial charge on any atom is 0.347 e. The molecule has 21 heavy (non-hydrogen) atoms. The summed E-state index contributed by atoms with van der Waals surface area (Å²) >= 11 is 0. The third-order valence-electron chi connectivity index (χ3n) is 3.54. The molecule has 104 valence electrons. The van der Waals surface area contributed by atoms with Gasteiger partial charge < -0.3 is 4.42 Å². The summed E-state index contributed by atoms with van der Waals surface area (Å²) in [6.45, 7) is 3.27. The summed E-state index contributed by atoms with van der Waals surface area (Å²) in [6.07, 6.45) is 0. The maximum absolute atomic E-state index is 12.2. The first-order valence-electron chi connectivity index (χ1n) is 6.72. The third kappa shape index (κ3) is 2.17. The Labute approximate surface area is 121 Å². The van der Waals surface area contributed by atoms with Gasteiger partial charge >= 0.3 is 5.63 Å². The van der Waals surface area contributed by atoms with Crippen LogP contribution in [0.2, 0.25) is 0 Å². The lowest BCUT2D eigenvalue weighted by atomic mass is 9.94. The molecule has 1 heterocycles. The molecular formula is C18H14O3. The van der Waals surface area contributed by atoms with Crippen molar-refractivity contribution in [2.75, 3.05) is 0 Å². The van der Waals surface area contributed by atoms with Crippen LogP contribution in [0.1, 0.15) is 22.8 Å². The molecule has 0 bridgehead atoms. The van der Waals surface area contributed by atoms with Crippen molar-refractivity contribution in [3.8, 4) is 11.1 Å². The number of aryl methyl sites for hydroxylation is 1. The van der Waals surface area contributed by atoms with E-state index in [4.69, 9.17) is 4.42 Å². The van der Waals surface area contributed by atoms with Gasteiger partial charge in [-0.2, -0.15) is 0 Å². The second-order valence-electron chi connectivity index (χ2n) is 5.01. The van der Waals surface area contributed by atoms with Gasteiger partial charge in [0, 0.05) is 10.9 Å². The smallest absolute Gasteiger partial charge is 0.347 e. The van der Waals surface area contributed by atoms with E-state index in [0.29, 0.717) is 11.1 Å². The van der Waals surface area contributed by atoms with Crippen LogP contribution >= 0.6 is 0 Å². The zero-order chi connectivity index (χ0) is 15.0. The van der Waals surface area contributed by atoms with Gasteiger partial charge in [-0.15, -0.1) is 0 Å². The highest BCUT2D eigenvalue weighted by atomic mass is 16.4. The van der Waals surface area contributed by atoms with Gasteiger partial charge in [0.25, 0.3) is 0 Å². The predicted octanol–water partition coefficient (Wildman–Crippen LogP) is 3.97. The van der Waals surface area contributed by atoms with Crippen molar-refractivity contribution in [3.05, 3.63) is 70.1 Å². The first-order chi connectivity index (χ1) is 10.1. The van der Waals surface area contributed by atoms with Crippen molar-refractivity contribution in [2.24, 2.45) is 0 Å². The predicted molar refractivity (Wildman–Crippen MR) is 82.7 cm³/mol. The lowest BCUT2D eigenvalue weighted by Gasteiger charge is -2.11. The maximum atomic E-state index is 12.2. The van der Waals surface area contributed by atoms with Crippen molar-refractivity contribution in [1.29, 1.82) is 0 Å². The van der Waals surface area contributed by atoms with Gasteiger partial charge in [0.05, 0.1) is 0 Å². The van der Waals surface area contributed by atoms with Gasteiger partial charge in [-0.1, -0.05) is 48.5 Å². The second-order valence-corrected chi connectivity index (χ2v) is 5.01. The molecule has 0 aliphatic rings. The Morgan fingerprint density at radius 2 is 1.71 bits per heavy atom. The topological polar surface area (TPSA) is 47.3 Å². The fraction of sp³-hybridized carbons (Fsp3) is 0.111. The Kier molecular flexibility index (Phi) is 3.18. The molecular weight excluding hydrogens is 264 g/mol. The fourth-order valence-electron chi connectivity index (χ4n) is 2.59. The van der Waals surface area contributed by atoms with Gasteiger partial charge in [0.15, 0.2) is 5.78 Å². The minimum absolute atomic E-state index is 0.110. The van der Waals surface area contributed by atoms with E-state index >= 15 is 0 Å². The zero-order valence-electron chi connectivity index (χ0n) is 11.8. The van der Waals surface area contributed by atoms with Gasteiger partial charge in [0.2, 0.25) is 0 Å². The number of hydrogen-bond donors (Lipinski definition) is 0. The molecule has 0 fully saturated rings. The molecule has 0 atom stereocenters. The Hall–Kier alpha value is -2.68.